The Labute approximate surface area is 362 Å². The summed E-state index contributed by atoms with van der Waals surface area (Å²) < 4.78 is 24.1. The lowest BCUT2D eigenvalue weighted by Crippen LogP contribution is -2.60. The fourth-order valence-electron chi connectivity index (χ4n) is 9.38. The number of aliphatic hydroxyl groups excluding tert-OH is 6. The standard InChI is InChI=1S/C48H84N2O10/c1-4-7-10-12-15-19-24-33-50-40(60-46-42(50)48(56)58-38(35-52)44(46)54)31-26-29-36(27-21-9-6-3)28-22-17-14-16-20-25-32-49-39(30-23-18-13-11-8-5-2)59-45-41(49)47(55)57-37(34-51)43(45)53/h8,11,14-15,17,19,29,37-48,51-56H,4-7,9-10,12-13,16,18,20-28,30-35H2,1-3H3/b11-8-,17-14-,19-15-,36-29+/t37-,38-,39?,40?,41-,42-,43-,44-,45-,46-,47?,48?/m1/s1. The Morgan fingerprint density at radius 3 is 1.62 bits per heavy atom. The highest BCUT2D eigenvalue weighted by Crippen LogP contribution is 2.38. The van der Waals surface area contributed by atoms with Crippen LogP contribution >= 0.6 is 0 Å². The molecule has 4 aliphatic rings. The number of nitrogens with zero attached hydrogens (tertiary/aromatic N) is 2. The summed E-state index contributed by atoms with van der Waals surface area (Å²) in [6.45, 7) is 7.27. The van der Waals surface area contributed by atoms with Crippen molar-refractivity contribution in [3.63, 3.8) is 0 Å². The van der Waals surface area contributed by atoms with E-state index >= 15 is 0 Å². The molecule has 12 heteroatoms. The summed E-state index contributed by atoms with van der Waals surface area (Å²) in [5, 5.41) is 63.2. The van der Waals surface area contributed by atoms with Crippen LogP contribution in [0.15, 0.2) is 48.1 Å². The maximum absolute atomic E-state index is 11.0. The van der Waals surface area contributed by atoms with E-state index < -0.39 is 61.3 Å². The number of fused-ring (bicyclic) bond motifs is 2. The molecule has 4 saturated heterocycles. The summed E-state index contributed by atoms with van der Waals surface area (Å²) in [6.07, 6.45) is 29.7. The second kappa shape index (κ2) is 29.0. The van der Waals surface area contributed by atoms with Gasteiger partial charge in [0.1, 0.15) is 49.1 Å². The van der Waals surface area contributed by atoms with E-state index in [-0.39, 0.29) is 25.7 Å². The summed E-state index contributed by atoms with van der Waals surface area (Å²) in [5.74, 6) is 0. The molecule has 12 atom stereocenters. The van der Waals surface area contributed by atoms with Crippen LogP contribution in [0.25, 0.3) is 0 Å². The van der Waals surface area contributed by atoms with Gasteiger partial charge in [0.05, 0.1) is 25.3 Å². The van der Waals surface area contributed by atoms with Crippen molar-refractivity contribution >= 4 is 0 Å². The number of hydrogen-bond donors (Lipinski definition) is 6. The molecule has 0 spiro atoms. The minimum atomic E-state index is -1.14. The van der Waals surface area contributed by atoms with E-state index in [1.54, 1.807) is 0 Å². The molecule has 4 rings (SSSR count). The van der Waals surface area contributed by atoms with Crippen LogP contribution in [0.1, 0.15) is 156 Å². The molecule has 0 radical (unpaired) electrons. The van der Waals surface area contributed by atoms with E-state index in [2.05, 4.69) is 73.1 Å². The second-order valence-corrected chi connectivity index (χ2v) is 17.4. The van der Waals surface area contributed by atoms with Crippen LogP contribution in [0.3, 0.4) is 0 Å². The molecule has 4 fully saturated rings. The van der Waals surface area contributed by atoms with Gasteiger partial charge in [-0.3, -0.25) is 9.80 Å². The largest absolute Gasteiger partial charge is 0.394 e. The van der Waals surface area contributed by atoms with E-state index in [0.717, 1.165) is 103 Å². The first kappa shape index (κ1) is 51.1. The fraction of sp³-hybridized carbons (Fsp3) is 0.833. The van der Waals surface area contributed by atoms with Crippen LogP contribution in [0, 0.1) is 0 Å². The van der Waals surface area contributed by atoms with E-state index in [4.69, 9.17) is 18.9 Å². The molecule has 4 unspecified atom stereocenters. The van der Waals surface area contributed by atoms with Gasteiger partial charge in [-0.2, -0.15) is 0 Å². The summed E-state index contributed by atoms with van der Waals surface area (Å²) >= 11 is 0. The Hall–Kier alpha value is -1.52. The molecule has 0 aliphatic carbocycles. The first-order valence-electron chi connectivity index (χ1n) is 24.0. The zero-order chi connectivity index (χ0) is 43.1. The van der Waals surface area contributed by atoms with Gasteiger partial charge in [-0.25, -0.2) is 0 Å². The molecule has 60 heavy (non-hydrogen) atoms. The van der Waals surface area contributed by atoms with Gasteiger partial charge in [0, 0.05) is 13.1 Å². The van der Waals surface area contributed by atoms with Crippen LogP contribution < -0.4 is 0 Å². The minimum absolute atomic E-state index is 0.200. The van der Waals surface area contributed by atoms with Crippen LogP contribution in [0.5, 0.6) is 0 Å². The number of rotatable bonds is 30. The lowest BCUT2D eigenvalue weighted by molar-refractivity contribution is -0.250. The van der Waals surface area contributed by atoms with Crippen molar-refractivity contribution < 1.29 is 49.6 Å². The predicted octanol–water partition coefficient (Wildman–Crippen LogP) is 6.77. The number of hydrogen-bond acceptors (Lipinski definition) is 12. The molecule has 346 valence electrons. The van der Waals surface area contributed by atoms with Gasteiger partial charge in [-0.05, 0) is 109 Å². The van der Waals surface area contributed by atoms with Crippen molar-refractivity contribution in [2.24, 2.45) is 0 Å². The Bertz CT molecular complexity index is 1270. The van der Waals surface area contributed by atoms with E-state index in [1.165, 1.54) is 44.1 Å². The molecule has 0 aromatic heterocycles. The van der Waals surface area contributed by atoms with Crippen LogP contribution in [-0.2, 0) is 18.9 Å². The number of allylic oxidation sites excluding steroid dienone is 7. The number of unbranched alkanes of at least 4 members (excludes halogenated alkanes) is 9. The molecule has 0 saturated carbocycles. The fourth-order valence-corrected chi connectivity index (χ4v) is 9.38. The molecule has 6 N–H and O–H groups in total. The maximum Gasteiger partial charge on any atom is 0.173 e. The minimum Gasteiger partial charge on any atom is -0.394 e. The zero-order valence-corrected chi connectivity index (χ0v) is 37.4. The molecule has 12 nitrogen and oxygen atoms in total. The molecule has 0 amide bonds. The van der Waals surface area contributed by atoms with Gasteiger partial charge in [0.15, 0.2) is 12.6 Å². The molecule has 4 heterocycles. The number of aliphatic hydroxyl groups is 6. The second-order valence-electron chi connectivity index (χ2n) is 17.4. The van der Waals surface area contributed by atoms with Gasteiger partial charge in [-0.1, -0.05) is 94.6 Å². The SMILES string of the molecule is CC/C=C\CCCCC1O[C@H]2[C@H](O)[C@@H](CO)OC(O)[C@@H]2N1CCCC/C=C\CC/C(=C/CCC1O[C@H]2[C@H](O)[C@@H](CO)OC(O)[C@@H]2N1CC/C=C\CCCCC)CCCCC. The molecule has 0 aromatic rings. The molecular weight excluding hydrogens is 765 g/mol. The van der Waals surface area contributed by atoms with Crippen molar-refractivity contribution in [3.8, 4) is 0 Å². The van der Waals surface area contributed by atoms with E-state index in [0.29, 0.717) is 6.54 Å². The van der Waals surface area contributed by atoms with Crippen molar-refractivity contribution in [3.05, 3.63) is 48.1 Å². The van der Waals surface area contributed by atoms with Crippen molar-refractivity contribution in [1.82, 2.24) is 9.80 Å². The summed E-state index contributed by atoms with van der Waals surface area (Å²) in [5.41, 5.74) is 1.46. The average Bonchev–Trinajstić information content (AvgIpc) is 3.81. The van der Waals surface area contributed by atoms with Crippen molar-refractivity contribution in [2.75, 3.05) is 26.3 Å². The molecule has 0 bridgehead atoms. The highest BCUT2D eigenvalue weighted by atomic mass is 16.6. The van der Waals surface area contributed by atoms with E-state index in [9.17, 15) is 30.6 Å². The highest BCUT2D eigenvalue weighted by molar-refractivity contribution is 5.06. The Balaban J connectivity index is 1.26. The third-order valence-corrected chi connectivity index (χ3v) is 12.8. The summed E-state index contributed by atoms with van der Waals surface area (Å²) in [7, 11) is 0. The lowest BCUT2D eigenvalue weighted by atomic mass is 9.96. The first-order valence-corrected chi connectivity index (χ1v) is 24.0. The average molecular weight is 849 g/mol. The Morgan fingerprint density at radius 1 is 0.500 bits per heavy atom. The highest BCUT2D eigenvalue weighted by Gasteiger charge is 2.55. The van der Waals surface area contributed by atoms with Gasteiger partial charge < -0.3 is 49.6 Å². The maximum atomic E-state index is 11.0. The third-order valence-electron chi connectivity index (χ3n) is 12.8. The van der Waals surface area contributed by atoms with Crippen LogP contribution in [0.2, 0.25) is 0 Å². The molecule has 4 aliphatic heterocycles. The van der Waals surface area contributed by atoms with Crippen molar-refractivity contribution in [1.29, 1.82) is 0 Å². The van der Waals surface area contributed by atoms with E-state index in [1.807, 2.05) is 0 Å². The lowest BCUT2D eigenvalue weighted by Gasteiger charge is -2.40. The summed E-state index contributed by atoms with van der Waals surface area (Å²) in [4.78, 5) is 4.35. The Kier molecular flexibility index (Phi) is 24.7. The Morgan fingerprint density at radius 2 is 1.02 bits per heavy atom. The quantitative estimate of drug-likeness (QED) is 0.0333. The first-order chi connectivity index (χ1) is 29.3. The molecule has 0 aromatic carbocycles. The topological polar surface area (TPSA) is 165 Å². The van der Waals surface area contributed by atoms with Crippen LogP contribution in [0.4, 0.5) is 0 Å². The predicted molar refractivity (Wildman–Crippen MR) is 236 cm³/mol. The van der Waals surface area contributed by atoms with Crippen molar-refractivity contribution in [2.45, 2.75) is 229 Å². The normalized spacial score (nSPS) is 32.9. The van der Waals surface area contributed by atoms with Gasteiger partial charge in [0.25, 0.3) is 0 Å². The zero-order valence-electron chi connectivity index (χ0n) is 37.4. The van der Waals surface area contributed by atoms with Gasteiger partial charge in [-0.15, -0.1) is 0 Å². The van der Waals surface area contributed by atoms with Crippen LogP contribution in [-0.4, -0.2) is 140 Å². The third kappa shape index (κ3) is 15.6. The van der Waals surface area contributed by atoms with Gasteiger partial charge >= 0.3 is 0 Å². The van der Waals surface area contributed by atoms with Gasteiger partial charge in [0.2, 0.25) is 0 Å². The summed E-state index contributed by atoms with van der Waals surface area (Å²) in [6, 6.07) is -0.938. The monoisotopic (exact) mass is 849 g/mol. The smallest absolute Gasteiger partial charge is 0.173 e. The molecular formula is C48H84N2O10. The number of ether oxygens (including phenoxy) is 4.